The lowest BCUT2D eigenvalue weighted by Crippen LogP contribution is -2.29. The molecule has 2 aliphatic rings. The number of amides is 1. The Hall–Kier alpha value is -1.99. The maximum atomic E-state index is 12.8. The Morgan fingerprint density at radius 1 is 1.14 bits per heavy atom. The second kappa shape index (κ2) is 9.22. The smallest absolute Gasteiger partial charge is 0.350 e. The number of thiophene rings is 1. The lowest BCUT2D eigenvalue weighted by molar-refractivity contribution is -0.120. The van der Waals surface area contributed by atoms with Crippen molar-refractivity contribution in [2.75, 3.05) is 25.5 Å². The highest BCUT2D eigenvalue weighted by Crippen LogP contribution is 2.36. The fraction of sp³-hybridized carbons (Fsp3) is 0.591. The molecule has 6 nitrogen and oxygen atoms in total. The molecule has 2 aromatic rings. The normalized spacial score (nSPS) is 18.7. The molecular formula is C22H29N3O3S. The van der Waals surface area contributed by atoms with Crippen LogP contribution in [0, 0.1) is 5.92 Å². The van der Waals surface area contributed by atoms with Gasteiger partial charge in [-0.1, -0.05) is 25.7 Å². The largest absolute Gasteiger partial charge is 0.465 e. The summed E-state index contributed by atoms with van der Waals surface area (Å²) in [5.74, 6) is -0.396. The first kappa shape index (κ1) is 20.3. The van der Waals surface area contributed by atoms with Crippen molar-refractivity contribution in [3.8, 4) is 0 Å². The number of ether oxygens (including phenoxy) is 1. The maximum Gasteiger partial charge on any atom is 0.350 e. The second-order valence-electron chi connectivity index (χ2n) is 8.11. The van der Waals surface area contributed by atoms with Gasteiger partial charge in [-0.25, -0.2) is 9.78 Å². The molecular weight excluding hydrogens is 386 g/mol. The minimum atomic E-state index is -0.426. The van der Waals surface area contributed by atoms with E-state index in [-0.39, 0.29) is 11.8 Å². The SMILES string of the molecule is COC(=O)c1sc2nc(CN3CCCCC3)ccc2c1NC(=O)C1CCCCC1. The number of anilines is 1. The van der Waals surface area contributed by atoms with E-state index in [1.807, 2.05) is 12.1 Å². The number of nitrogens with zero attached hydrogens (tertiary/aromatic N) is 2. The third-order valence-electron chi connectivity index (χ3n) is 6.04. The van der Waals surface area contributed by atoms with Gasteiger partial charge in [0.1, 0.15) is 9.71 Å². The number of nitrogens with one attached hydrogen (secondary N) is 1. The van der Waals surface area contributed by atoms with Crippen molar-refractivity contribution in [3.63, 3.8) is 0 Å². The molecule has 156 valence electrons. The van der Waals surface area contributed by atoms with Crippen LogP contribution in [0.2, 0.25) is 0 Å². The number of piperidine rings is 1. The summed E-state index contributed by atoms with van der Waals surface area (Å²) in [5.41, 5.74) is 1.56. The van der Waals surface area contributed by atoms with Crippen LogP contribution in [-0.4, -0.2) is 42.0 Å². The van der Waals surface area contributed by atoms with E-state index in [0.29, 0.717) is 10.6 Å². The van der Waals surface area contributed by atoms with E-state index < -0.39 is 5.97 Å². The van der Waals surface area contributed by atoms with Crippen molar-refractivity contribution in [2.24, 2.45) is 5.92 Å². The predicted octanol–water partition coefficient (Wildman–Crippen LogP) is 4.59. The molecule has 29 heavy (non-hydrogen) atoms. The number of carbonyl (C=O) groups is 2. The summed E-state index contributed by atoms with van der Waals surface area (Å²) in [5, 5.41) is 3.86. The lowest BCUT2D eigenvalue weighted by atomic mass is 9.88. The van der Waals surface area contributed by atoms with Gasteiger partial charge >= 0.3 is 5.97 Å². The molecule has 1 aliphatic carbocycles. The minimum absolute atomic E-state index is 0.00643. The molecule has 3 heterocycles. The number of hydrogen-bond acceptors (Lipinski definition) is 6. The third-order valence-corrected chi connectivity index (χ3v) is 7.12. The van der Waals surface area contributed by atoms with Crippen molar-refractivity contribution in [3.05, 3.63) is 22.7 Å². The first-order valence-electron chi connectivity index (χ1n) is 10.7. The summed E-state index contributed by atoms with van der Waals surface area (Å²) < 4.78 is 4.97. The van der Waals surface area contributed by atoms with Gasteiger partial charge < -0.3 is 10.1 Å². The van der Waals surface area contributed by atoms with Gasteiger partial charge in [-0.15, -0.1) is 11.3 Å². The van der Waals surface area contributed by atoms with E-state index in [1.54, 1.807) is 0 Å². The van der Waals surface area contributed by atoms with Crippen molar-refractivity contribution in [1.82, 2.24) is 9.88 Å². The summed E-state index contributed by atoms with van der Waals surface area (Å²) in [4.78, 5) is 33.6. The molecule has 2 fully saturated rings. The summed E-state index contributed by atoms with van der Waals surface area (Å²) in [6.45, 7) is 3.05. The van der Waals surface area contributed by atoms with Crippen LogP contribution in [0.5, 0.6) is 0 Å². The second-order valence-corrected chi connectivity index (χ2v) is 9.11. The highest BCUT2D eigenvalue weighted by molar-refractivity contribution is 7.21. The third kappa shape index (κ3) is 4.61. The quantitative estimate of drug-likeness (QED) is 0.723. The molecule has 4 rings (SSSR count). The number of aromatic nitrogens is 1. The minimum Gasteiger partial charge on any atom is -0.465 e. The molecule has 1 saturated carbocycles. The van der Waals surface area contributed by atoms with Crippen LogP contribution in [0.25, 0.3) is 10.2 Å². The number of carbonyl (C=O) groups excluding carboxylic acids is 2. The van der Waals surface area contributed by atoms with E-state index in [2.05, 4.69) is 10.2 Å². The molecule has 1 saturated heterocycles. The molecule has 7 heteroatoms. The Morgan fingerprint density at radius 2 is 1.86 bits per heavy atom. The number of likely N-dealkylation sites (tertiary alicyclic amines) is 1. The van der Waals surface area contributed by atoms with Crippen LogP contribution in [0.4, 0.5) is 5.69 Å². The Labute approximate surface area is 175 Å². The van der Waals surface area contributed by atoms with Crippen molar-refractivity contribution >= 4 is 39.1 Å². The Balaban J connectivity index is 1.60. The first-order chi connectivity index (χ1) is 14.2. The zero-order chi connectivity index (χ0) is 20.2. The fourth-order valence-electron chi connectivity index (χ4n) is 4.40. The van der Waals surface area contributed by atoms with Crippen molar-refractivity contribution < 1.29 is 14.3 Å². The molecule has 0 bridgehead atoms. The number of hydrogen-bond donors (Lipinski definition) is 1. The molecule has 0 radical (unpaired) electrons. The average Bonchev–Trinajstić information content (AvgIpc) is 3.12. The van der Waals surface area contributed by atoms with Gasteiger partial charge in [0.05, 0.1) is 18.5 Å². The zero-order valence-electron chi connectivity index (χ0n) is 17.0. The number of fused-ring (bicyclic) bond motifs is 1. The van der Waals surface area contributed by atoms with Gasteiger partial charge in [0.15, 0.2) is 0 Å². The highest BCUT2D eigenvalue weighted by atomic mass is 32.1. The van der Waals surface area contributed by atoms with Gasteiger partial charge in [-0.05, 0) is 50.9 Å². The maximum absolute atomic E-state index is 12.8. The van der Waals surface area contributed by atoms with E-state index in [1.165, 1.54) is 44.1 Å². The number of rotatable bonds is 5. The van der Waals surface area contributed by atoms with Gasteiger partial charge in [0, 0.05) is 17.8 Å². The van der Waals surface area contributed by atoms with Gasteiger partial charge in [0.25, 0.3) is 0 Å². The molecule has 0 spiro atoms. The Bertz CT molecular complexity index is 883. The van der Waals surface area contributed by atoms with Crippen molar-refractivity contribution in [1.29, 1.82) is 0 Å². The van der Waals surface area contributed by atoms with E-state index in [9.17, 15) is 9.59 Å². The number of esters is 1. The first-order valence-corrected chi connectivity index (χ1v) is 11.5. The summed E-state index contributed by atoms with van der Waals surface area (Å²) in [6, 6.07) is 4.00. The predicted molar refractivity (Wildman–Crippen MR) is 115 cm³/mol. The van der Waals surface area contributed by atoms with E-state index >= 15 is 0 Å². The monoisotopic (exact) mass is 415 g/mol. The Morgan fingerprint density at radius 3 is 2.59 bits per heavy atom. The van der Waals surface area contributed by atoms with Gasteiger partial charge in [-0.3, -0.25) is 9.69 Å². The van der Waals surface area contributed by atoms with E-state index in [0.717, 1.165) is 61.2 Å². The highest BCUT2D eigenvalue weighted by Gasteiger charge is 2.26. The molecule has 0 aromatic carbocycles. The number of pyridine rings is 1. The van der Waals surface area contributed by atoms with Crippen molar-refractivity contribution in [2.45, 2.75) is 57.9 Å². The summed E-state index contributed by atoms with van der Waals surface area (Å²) in [6.07, 6.45) is 9.00. The lowest BCUT2D eigenvalue weighted by Gasteiger charge is -2.25. The van der Waals surface area contributed by atoms with E-state index in [4.69, 9.17) is 9.72 Å². The summed E-state index contributed by atoms with van der Waals surface area (Å²) >= 11 is 1.30. The number of methoxy groups -OCH3 is 1. The molecule has 0 unspecified atom stereocenters. The molecule has 1 amide bonds. The molecule has 2 aromatic heterocycles. The van der Waals surface area contributed by atoms with Crippen LogP contribution in [0.1, 0.15) is 66.7 Å². The van der Waals surface area contributed by atoms with Crippen LogP contribution in [0.15, 0.2) is 12.1 Å². The zero-order valence-corrected chi connectivity index (χ0v) is 17.9. The van der Waals surface area contributed by atoms with Crippen LogP contribution >= 0.6 is 11.3 Å². The summed E-state index contributed by atoms with van der Waals surface area (Å²) in [7, 11) is 1.37. The standard InChI is InChI=1S/C22H29N3O3S/c1-28-22(27)19-18(24-20(26)15-8-4-2-5-9-15)17-11-10-16(23-21(17)29-19)14-25-12-6-3-7-13-25/h10-11,15H,2-9,12-14H2,1H3,(H,24,26). The van der Waals surface area contributed by atoms with Crippen LogP contribution in [0.3, 0.4) is 0 Å². The Kier molecular flexibility index (Phi) is 6.45. The molecule has 1 aliphatic heterocycles. The fourth-order valence-corrected chi connectivity index (χ4v) is 5.47. The van der Waals surface area contributed by atoms with Gasteiger partial charge in [0.2, 0.25) is 5.91 Å². The molecule has 1 N–H and O–H groups in total. The van der Waals surface area contributed by atoms with Crippen LogP contribution in [-0.2, 0) is 16.1 Å². The average molecular weight is 416 g/mol. The topological polar surface area (TPSA) is 71.5 Å². The van der Waals surface area contributed by atoms with Gasteiger partial charge in [-0.2, -0.15) is 0 Å². The molecule has 0 atom stereocenters. The van der Waals surface area contributed by atoms with Crippen LogP contribution < -0.4 is 5.32 Å².